The number of alkyl halides is 1. The highest BCUT2D eigenvalue weighted by Crippen LogP contribution is 2.21. The first kappa shape index (κ1) is 13.8. The van der Waals surface area contributed by atoms with Crippen LogP contribution in [0.2, 0.25) is 0 Å². The second kappa shape index (κ2) is 6.02. The van der Waals surface area contributed by atoms with E-state index in [0.29, 0.717) is 12.2 Å². The standard InChI is InChI=1S/C13H14ClFN2O2/c14-6-5-12(18)16-10-7-13(19)17(8-10)11-3-1-9(15)2-4-11/h1-4,10H,5-8H2,(H,16,18)/t10-/m1/s1. The van der Waals surface area contributed by atoms with Crippen molar-refractivity contribution in [1.82, 2.24) is 5.32 Å². The van der Waals surface area contributed by atoms with E-state index in [2.05, 4.69) is 5.32 Å². The molecule has 0 radical (unpaired) electrons. The van der Waals surface area contributed by atoms with Gasteiger partial charge in [0, 0.05) is 31.0 Å². The number of hydrogen-bond donors (Lipinski definition) is 1. The minimum atomic E-state index is -0.345. The predicted octanol–water partition coefficient (Wildman–Crippen LogP) is 1.68. The molecule has 0 aromatic heterocycles. The molecule has 2 amide bonds. The Bertz CT molecular complexity index is 478. The minimum absolute atomic E-state index is 0.0808. The van der Waals surface area contributed by atoms with Gasteiger partial charge in [0.2, 0.25) is 11.8 Å². The molecule has 102 valence electrons. The largest absolute Gasteiger partial charge is 0.351 e. The predicted molar refractivity (Wildman–Crippen MR) is 70.6 cm³/mol. The van der Waals surface area contributed by atoms with Gasteiger partial charge in [0.05, 0.1) is 6.04 Å². The number of anilines is 1. The summed E-state index contributed by atoms with van der Waals surface area (Å²) in [4.78, 5) is 24.8. The Hall–Kier alpha value is -1.62. The molecule has 1 fully saturated rings. The lowest BCUT2D eigenvalue weighted by Crippen LogP contribution is -2.37. The molecular formula is C13H14ClFN2O2. The van der Waals surface area contributed by atoms with Crippen molar-refractivity contribution in [3.8, 4) is 0 Å². The number of rotatable bonds is 4. The van der Waals surface area contributed by atoms with Gasteiger partial charge in [-0.15, -0.1) is 11.6 Å². The number of carbonyl (C=O) groups is 2. The van der Waals surface area contributed by atoms with Crippen LogP contribution in [0.4, 0.5) is 10.1 Å². The van der Waals surface area contributed by atoms with E-state index in [1.807, 2.05) is 0 Å². The minimum Gasteiger partial charge on any atom is -0.351 e. The van der Waals surface area contributed by atoms with E-state index in [1.165, 1.54) is 12.1 Å². The first-order valence-electron chi connectivity index (χ1n) is 6.01. The molecule has 1 saturated heterocycles. The zero-order chi connectivity index (χ0) is 13.8. The first-order valence-corrected chi connectivity index (χ1v) is 6.55. The van der Waals surface area contributed by atoms with E-state index in [4.69, 9.17) is 11.6 Å². The number of benzene rings is 1. The first-order chi connectivity index (χ1) is 9.10. The molecule has 2 rings (SSSR count). The summed E-state index contributed by atoms with van der Waals surface area (Å²) in [5, 5.41) is 2.76. The van der Waals surface area contributed by atoms with Gasteiger partial charge in [-0.05, 0) is 24.3 Å². The Labute approximate surface area is 115 Å². The highest BCUT2D eigenvalue weighted by atomic mass is 35.5. The number of amides is 2. The third-order valence-electron chi connectivity index (χ3n) is 2.95. The number of hydrogen-bond acceptors (Lipinski definition) is 2. The van der Waals surface area contributed by atoms with Gasteiger partial charge in [-0.2, -0.15) is 0 Å². The third-order valence-corrected chi connectivity index (χ3v) is 3.14. The highest BCUT2D eigenvalue weighted by molar-refractivity contribution is 6.18. The Morgan fingerprint density at radius 1 is 1.42 bits per heavy atom. The zero-order valence-electron chi connectivity index (χ0n) is 10.2. The lowest BCUT2D eigenvalue weighted by atomic mass is 10.2. The van der Waals surface area contributed by atoms with Crippen molar-refractivity contribution in [3.63, 3.8) is 0 Å². The molecule has 1 aromatic carbocycles. The smallest absolute Gasteiger partial charge is 0.229 e. The van der Waals surface area contributed by atoms with Crippen LogP contribution in [0, 0.1) is 5.82 Å². The van der Waals surface area contributed by atoms with Gasteiger partial charge in [0.15, 0.2) is 0 Å². The van der Waals surface area contributed by atoms with Crippen LogP contribution in [-0.4, -0.2) is 30.3 Å². The van der Waals surface area contributed by atoms with Crippen molar-refractivity contribution in [2.45, 2.75) is 18.9 Å². The summed E-state index contributed by atoms with van der Waals surface area (Å²) >= 11 is 5.48. The van der Waals surface area contributed by atoms with E-state index >= 15 is 0 Å². The van der Waals surface area contributed by atoms with E-state index in [0.717, 1.165) is 0 Å². The molecule has 1 aromatic rings. The fourth-order valence-corrected chi connectivity index (χ4v) is 2.23. The number of nitrogens with one attached hydrogen (secondary N) is 1. The molecule has 1 N–H and O–H groups in total. The summed E-state index contributed by atoms with van der Waals surface area (Å²) in [7, 11) is 0. The summed E-state index contributed by atoms with van der Waals surface area (Å²) < 4.78 is 12.8. The molecule has 6 heteroatoms. The summed E-state index contributed by atoms with van der Waals surface area (Å²) in [6, 6.07) is 5.50. The van der Waals surface area contributed by atoms with E-state index < -0.39 is 0 Å². The molecule has 0 aliphatic carbocycles. The molecule has 1 heterocycles. The molecule has 4 nitrogen and oxygen atoms in total. The number of carbonyl (C=O) groups excluding carboxylic acids is 2. The molecule has 19 heavy (non-hydrogen) atoms. The summed E-state index contributed by atoms with van der Waals surface area (Å²) in [6.07, 6.45) is 0.494. The lowest BCUT2D eigenvalue weighted by molar-refractivity contribution is -0.121. The Balaban J connectivity index is 1.99. The van der Waals surface area contributed by atoms with Crippen molar-refractivity contribution in [3.05, 3.63) is 30.1 Å². The molecular weight excluding hydrogens is 271 g/mol. The van der Waals surface area contributed by atoms with Crippen LogP contribution >= 0.6 is 11.6 Å². The van der Waals surface area contributed by atoms with Crippen LogP contribution in [0.1, 0.15) is 12.8 Å². The average Bonchev–Trinajstić information content (AvgIpc) is 2.71. The zero-order valence-corrected chi connectivity index (χ0v) is 11.0. The second-order valence-electron chi connectivity index (χ2n) is 4.39. The topological polar surface area (TPSA) is 49.4 Å². The molecule has 1 aliphatic heterocycles. The highest BCUT2D eigenvalue weighted by Gasteiger charge is 2.31. The van der Waals surface area contributed by atoms with E-state index in [-0.39, 0.29) is 42.4 Å². The summed E-state index contributed by atoms with van der Waals surface area (Å²) in [6.45, 7) is 0.401. The van der Waals surface area contributed by atoms with Crippen LogP contribution in [0.3, 0.4) is 0 Å². The van der Waals surface area contributed by atoms with Crippen LogP contribution in [0.5, 0.6) is 0 Å². The molecule has 1 atom stereocenters. The Kier molecular flexibility index (Phi) is 4.37. The van der Waals surface area contributed by atoms with Crippen LogP contribution in [0.25, 0.3) is 0 Å². The Morgan fingerprint density at radius 3 is 2.74 bits per heavy atom. The lowest BCUT2D eigenvalue weighted by Gasteiger charge is -2.17. The van der Waals surface area contributed by atoms with Crippen molar-refractivity contribution in [2.24, 2.45) is 0 Å². The van der Waals surface area contributed by atoms with Gasteiger partial charge in [-0.25, -0.2) is 4.39 Å². The summed E-state index contributed by atoms with van der Waals surface area (Å²) in [5.74, 6) is -0.326. The molecule has 0 bridgehead atoms. The van der Waals surface area contributed by atoms with Gasteiger partial charge in [-0.1, -0.05) is 0 Å². The molecule has 0 unspecified atom stereocenters. The van der Waals surface area contributed by atoms with Gasteiger partial charge in [0.25, 0.3) is 0 Å². The van der Waals surface area contributed by atoms with Crippen LogP contribution in [-0.2, 0) is 9.59 Å². The monoisotopic (exact) mass is 284 g/mol. The van der Waals surface area contributed by atoms with Crippen molar-refractivity contribution < 1.29 is 14.0 Å². The van der Waals surface area contributed by atoms with Crippen molar-refractivity contribution in [2.75, 3.05) is 17.3 Å². The van der Waals surface area contributed by atoms with Crippen LogP contribution in [0.15, 0.2) is 24.3 Å². The average molecular weight is 285 g/mol. The van der Waals surface area contributed by atoms with E-state index in [9.17, 15) is 14.0 Å². The fourth-order valence-electron chi connectivity index (χ4n) is 2.06. The van der Waals surface area contributed by atoms with E-state index in [1.54, 1.807) is 17.0 Å². The maximum absolute atomic E-state index is 12.8. The number of halogens is 2. The second-order valence-corrected chi connectivity index (χ2v) is 4.77. The maximum Gasteiger partial charge on any atom is 0.229 e. The summed E-state index contributed by atoms with van der Waals surface area (Å²) in [5.41, 5.74) is 0.639. The maximum atomic E-state index is 12.8. The van der Waals surface area contributed by atoms with Crippen molar-refractivity contribution >= 4 is 29.1 Å². The Morgan fingerprint density at radius 2 is 2.11 bits per heavy atom. The van der Waals surface area contributed by atoms with Gasteiger partial charge in [0.1, 0.15) is 5.82 Å². The molecule has 0 spiro atoms. The molecule has 0 saturated carbocycles. The quantitative estimate of drug-likeness (QED) is 0.855. The SMILES string of the molecule is O=C(CCCl)N[C@@H]1CC(=O)N(c2ccc(F)cc2)C1. The van der Waals surface area contributed by atoms with Gasteiger partial charge >= 0.3 is 0 Å². The van der Waals surface area contributed by atoms with Gasteiger partial charge < -0.3 is 10.2 Å². The third kappa shape index (κ3) is 3.44. The molecule has 1 aliphatic rings. The normalized spacial score (nSPS) is 18.7. The van der Waals surface area contributed by atoms with Gasteiger partial charge in [-0.3, -0.25) is 9.59 Å². The van der Waals surface area contributed by atoms with Crippen LogP contribution < -0.4 is 10.2 Å². The number of nitrogens with zero attached hydrogens (tertiary/aromatic N) is 1. The van der Waals surface area contributed by atoms with Crippen molar-refractivity contribution in [1.29, 1.82) is 0 Å². The fraction of sp³-hybridized carbons (Fsp3) is 0.385.